The van der Waals surface area contributed by atoms with Crippen LogP contribution in [0.5, 0.6) is 0 Å². The Hall–Kier alpha value is -4.12. The third-order valence-electron chi connectivity index (χ3n) is 4.72. The number of hydrogen-bond acceptors (Lipinski definition) is 9. The van der Waals surface area contributed by atoms with Crippen LogP contribution in [0, 0.1) is 12.7 Å². The maximum Gasteiger partial charge on any atom is 0.277 e. The summed E-state index contributed by atoms with van der Waals surface area (Å²) in [6, 6.07) is 18.0. The number of aryl methyl sites for hydroxylation is 1. The van der Waals surface area contributed by atoms with Crippen molar-refractivity contribution in [3.63, 3.8) is 0 Å². The molecule has 0 amide bonds. The van der Waals surface area contributed by atoms with Crippen LogP contribution in [0.15, 0.2) is 77.6 Å². The van der Waals surface area contributed by atoms with E-state index >= 15 is 0 Å². The first-order valence-electron chi connectivity index (χ1n) is 10.4. The van der Waals surface area contributed by atoms with Crippen molar-refractivity contribution < 1.29 is 19.1 Å². The Morgan fingerprint density at radius 2 is 1.74 bits per heavy atom. The van der Waals surface area contributed by atoms with Crippen molar-refractivity contribution in [3.8, 4) is 11.4 Å². The smallest absolute Gasteiger partial charge is 0.277 e. The van der Waals surface area contributed by atoms with Crippen molar-refractivity contribution in [2.24, 2.45) is 0 Å². The van der Waals surface area contributed by atoms with Gasteiger partial charge in [-0.3, -0.25) is 15.4 Å². The molecule has 0 unspecified atom stereocenters. The van der Waals surface area contributed by atoms with E-state index in [2.05, 4.69) is 26.1 Å². The number of hydrazine groups is 2. The van der Waals surface area contributed by atoms with Crippen LogP contribution in [0.3, 0.4) is 0 Å². The van der Waals surface area contributed by atoms with Gasteiger partial charge in [0.25, 0.3) is 5.89 Å². The number of aliphatic hydroxyl groups excluding tert-OH is 1. The Morgan fingerprint density at radius 3 is 2.44 bits per heavy atom. The highest BCUT2D eigenvalue weighted by molar-refractivity contribution is 5.96. The molecule has 4 N–H and O–H groups in total. The Labute approximate surface area is 195 Å². The lowest BCUT2D eigenvalue weighted by molar-refractivity contribution is -0.0228. The molecule has 4 aromatic rings. The number of aromatic nitrogens is 3. The summed E-state index contributed by atoms with van der Waals surface area (Å²) in [5, 5.41) is 21.0. The second-order valence-electron chi connectivity index (χ2n) is 7.41. The van der Waals surface area contributed by atoms with E-state index < -0.39 is 6.29 Å². The first-order chi connectivity index (χ1) is 16.4. The third kappa shape index (κ3) is 5.09. The minimum Gasteiger partial charge on any atom is -0.368 e. The molecule has 1 aliphatic rings. The molecule has 0 radical (unpaired) electrons. The normalized spacial score (nSPS) is 13.1. The lowest BCUT2D eigenvalue weighted by atomic mass is 10.1. The van der Waals surface area contributed by atoms with E-state index in [-0.39, 0.29) is 11.7 Å². The van der Waals surface area contributed by atoms with Crippen LogP contribution >= 0.6 is 0 Å². The second kappa shape index (κ2) is 10.2. The van der Waals surface area contributed by atoms with Crippen molar-refractivity contribution in [2.45, 2.75) is 20.1 Å². The Bertz CT molecular complexity index is 1290. The zero-order valence-corrected chi connectivity index (χ0v) is 18.5. The van der Waals surface area contributed by atoms with Gasteiger partial charge in [-0.05, 0) is 44.2 Å². The summed E-state index contributed by atoms with van der Waals surface area (Å²) in [6.07, 6.45) is 2.17. The van der Waals surface area contributed by atoms with Gasteiger partial charge in [-0.15, -0.1) is 5.53 Å². The first kappa shape index (κ1) is 23.1. The number of rotatable bonds is 4. The van der Waals surface area contributed by atoms with Gasteiger partial charge >= 0.3 is 0 Å². The molecule has 174 valence electrons. The summed E-state index contributed by atoms with van der Waals surface area (Å²) >= 11 is 0. The zero-order chi connectivity index (χ0) is 24.1. The van der Waals surface area contributed by atoms with Gasteiger partial charge in [0, 0.05) is 23.5 Å². The average Bonchev–Trinajstić information content (AvgIpc) is 3.47. The Balaban J connectivity index is 0.000000636. The predicted molar refractivity (Wildman–Crippen MR) is 125 cm³/mol. The average molecular weight is 462 g/mol. The van der Waals surface area contributed by atoms with Gasteiger partial charge in [0.15, 0.2) is 0 Å². The van der Waals surface area contributed by atoms with Crippen molar-refractivity contribution >= 4 is 17.1 Å². The molecule has 0 spiro atoms. The molecule has 0 saturated heterocycles. The van der Waals surface area contributed by atoms with Crippen molar-refractivity contribution in [1.29, 1.82) is 0 Å². The van der Waals surface area contributed by atoms with Gasteiger partial charge in [0.2, 0.25) is 5.82 Å². The molecular weight excluding hydrogens is 439 g/mol. The van der Waals surface area contributed by atoms with E-state index in [9.17, 15) is 4.39 Å². The molecule has 5 rings (SSSR count). The fourth-order valence-corrected chi connectivity index (χ4v) is 3.32. The molecule has 3 heterocycles. The lowest BCUT2D eigenvalue weighted by Gasteiger charge is -2.21. The predicted octanol–water partition coefficient (Wildman–Crippen LogP) is 3.25. The molecular formula is C24H23FN6O3. The minimum atomic E-state index is -1.17. The van der Waals surface area contributed by atoms with Crippen LogP contribution in [0.4, 0.5) is 10.1 Å². The fourth-order valence-electron chi connectivity index (χ4n) is 3.32. The number of aliphatic hydroxyl groups is 2. The van der Waals surface area contributed by atoms with Crippen LogP contribution in [-0.2, 0) is 0 Å². The topological polar surface area (TPSA) is 120 Å². The maximum absolute atomic E-state index is 14.5. The molecule has 0 aliphatic carbocycles. The molecule has 0 fully saturated rings. The van der Waals surface area contributed by atoms with E-state index in [0.717, 1.165) is 16.7 Å². The Morgan fingerprint density at radius 1 is 1.00 bits per heavy atom. The summed E-state index contributed by atoms with van der Waals surface area (Å²) in [4.78, 5) is 8.63. The number of halogens is 1. The van der Waals surface area contributed by atoms with Crippen molar-refractivity contribution in [2.75, 3.05) is 5.01 Å². The number of hydrogen-bond donors (Lipinski definition) is 4. The van der Waals surface area contributed by atoms with Crippen molar-refractivity contribution in [1.82, 2.24) is 26.1 Å². The molecule has 1 aliphatic heterocycles. The van der Waals surface area contributed by atoms with E-state index in [1.54, 1.807) is 35.6 Å². The highest BCUT2D eigenvalue weighted by Crippen LogP contribution is 2.34. The monoisotopic (exact) mass is 462 g/mol. The van der Waals surface area contributed by atoms with Crippen molar-refractivity contribution in [3.05, 3.63) is 95.9 Å². The van der Waals surface area contributed by atoms with Gasteiger partial charge < -0.3 is 14.7 Å². The summed E-state index contributed by atoms with van der Waals surface area (Å²) in [6.45, 7) is 3.28. The number of nitrogens with one attached hydrogen (secondary N) is 2. The van der Waals surface area contributed by atoms with Gasteiger partial charge in [0.05, 0.1) is 11.4 Å². The summed E-state index contributed by atoms with van der Waals surface area (Å²) in [5.74, 6) is 0.386. The van der Waals surface area contributed by atoms with Gasteiger partial charge in [-0.25, -0.2) is 4.39 Å². The molecule has 0 bridgehead atoms. The lowest BCUT2D eigenvalue weighted by Crippen LogP contribution is -2.38. The summed E-state index contributed by atoms with van der Waals surface area (Å²) in [7, 11) is 0. The van der Waals surface area contributed by atoms with Crippen LogP contribution < -0.4 is 16.0 Å². The molecule has 0 atom stereocenters. The van der Waals surface area contributed by atoms with Crippen LogP contribution in [0.25, 0.3) is 22.8 Å². The SMILES string of the molecule is CC(O)O.Cc1cccc(-c2noc(C3=C(c4ccncc4)N(c4ccccc4F)NN3)n2)c1. The van der Waals surface area contributed by atoms with Gasteiger partial charge in [-0.2, -0.15) is 4.98 Å². The number of para-hydroxylation sites is 1. The standard InChI is InChI=1S/C22H17FN6O.C2H6O2/c1-14-5-4-6-16(13-14)21-25-22(30-27-21)19-20(15-9-11-24-12-10-15)29(28-26-19)18-8-3-2-7-17(18)23;1-2(3)4/h2-13,26,28H,1H3;2-4H,1H3. The van der Waals surface area contributed by atoms with E-state index in [1.807, 2.05) is 43.3 Å². The van der Waals surface area contributed by atoms with E-state index in [0.29, 0.717) is 22.9 Å². The summed E-state index contributed by atoms with van der Waals surface area (Å²) < 4.78 is 20.1. The molecule has 10 heteroatoms. The summed E-state index contributed by atoms with van der Waals surface area (Å²) in [5.41, 5.74) is 10.3. The van der Waals surface area contributed by atoms with E-state index in [1.165, 1.54) is 13.0 Å². The highest BCUT2D eigenvalue weighted by Gasteiger charge is 2.30. The first-order valence-corrected chi connectivity index (χ1v) is 10.4. The van der Waals surface area contributed by atoms with Crippen LogP contribution in [0.2, 0.25) is 0 Å². The minimum absolute atomic E-state index is 0.282. The molecule has 2 aromatic carbocycles. The number of benzene rings is 2. The number of nitrogens with zero attached hydrogens (tertiary/aromatic N) is 4. The maximum atomic E-state index is 14.5. The highest BCUT2D eigenvalue weighted by atomic mass is 19.1. The van der Waals surface area contributed by atoms with E-state index in [4.69, 9.17) is 14.7 Å². The number of pyridine rings is 1. The third-order valence-corrected chi connectivity index (χ3v) is 4.72. The number of anilines is 1. The molecule has 0 saturated carbocycles. The van der Waals surface area contributed by atoms with Gasteiger partial charge in [0.1, 0.15) is 17.8 Å². The molecule has 9 nitrogen and oxygen atoms in total. The molecule has 2 aromatic heterocycles. The van der Waals surface area contributed by atoms with Crippen LogP contribution in [-0.4, -0.2) is 31.6 Å². The zero-order valence-electron chi connectivity index (χ0n) is 18.5. The van der Waals surface area contributed by atoms with Gasteiger partial charge in [-0.1, -0.05) is 41.1 Å². The fraction of sp³-hybridized carbons (Fsp3) is 0.125. The Kier molecular flexibility index (Phi) is 6.93. The molecule has 34 heavy (non-hydrogen) atoms. The largest absolute Gasteiger partial charge is 0.368 e. The van der Waals surface area contributed by atoms with Crippen LogP contribution in [0.1, 0.15) is 23.9 Å². The second-order valence-corrected chi connectivity index (χ2v) is 7.41. The quantitative estimate of drug-likeness (QED) is 0.339.